The molecule has 24 heavy (non-hydrogen) atoms. The molecule has 0 fully saturated rings. The zero-order chi connectivity index (χ0) is 16.5. The molecule has 0 aliphatic rings. The molecular formula is C18H14BrN5. The van der Waals surface area contributed by atoms with Crippen LogP contribution >= 0.6 is 15.9 Å². The maximum atomic E-state index is 4.73. The Morgan fingerprint density at radius 3 is 2.79 bits per heavy atom. The summed E-state index contributed by atoms with van der Waals surface area (Å²) in [4.78, 5) is 13.8. The van der Waals surface area contributed by atoms with Gasteiger partial charge in [-0.25, -0.2) is 4.98 Å². The van der Waals surface area contributed by atoms with Crippen LogP contribution in [0.1, 0.15) is 12.6 Å². The van der Waals surface area contributed by atoms with Crippen molar-refractivity contribution >= 4 is 27.0 Å². The first kappa shape index (κ1) is 15.0. The Labute approximate surface area is 147 Å². The largest absolute Gasteiger partial charge is 0.276 e. The quantitative estimate of drug-likeness (QED) is 0.572. The number of aromatic amines is 1. The Balaban J connectivity index is 1.84. The van der Waals surface area contributed by atoms with Gasteiger partial charge in [-0.15, -0.1) is 0 Å². The van der Waals surface area contributed by atoms with Crippen molar-refractivity contribution in [2.24, 2.45) is 0 Å². The summed E-state index contributed by atoms with van der Waals surface area (Å²) < 4.78 is 0.907. The Morgan fingerprint density at radius 1 is 1.00 bits per heavy atom. The number of rotatable bonds is 3. The molecule has 0 aliphatic heterocycles. The maximum Gasteiger partial charge on any atom is 0.0928 e. The third kappa shape index (κ3) is 2.69. The van der Waals surface area contributed by atoms with Crippen LogP contribution in [0.25, 0.3) is 33.7 Å². The van der Waals surface area contributed by atoms with Gasteiger partial charge in [0.15, 0.2) is 0 Å². The van der Waals surface area contributed by atoms with Crippen LogP contribution in [0.4, 0.5) is 0 Å². The summed E-state index contributed by atoms with van der Waals surface area (Å²) in [6.07, 6.45) is 4.45. The van der Waals surface area contributed by atoms with Gasteiger partial charge >= 0.3 is 0 Å². The standard InChI is InChI=1S/C18H14BrN5/c1-2-12-4-3-5-16(22-12)18-13(10-21-24-18)14-6-7-15-17(23-14)8-11(19)9-20-15/h3-10H,2H2,1H3,(H,21,24). The normalized spacial score (nSPS) is 11.1. The van der Waals surface area contributed by atoms with E-state index < -0.39 is 0 Å². The molecule has 0 bridgehead atoms. The molecule has 1 N–H and O–H groups in total. The van der Waals surface area contributed by atoms with E-state index in [0.717, 1.165) is 50.3 Å². The molecule has 4 heterocycles. The molecular weight excluding hydrogens is 366 g/mol. The molecule has 0 radical (unpaired) electrons. The number of halogens is 1. The molecule has 0 saturated heterocycles. The summed E-state index contributed by atoms with van der Waals surface area (Å²) in [5, 5.41) is 7.25. The van der Waals surface area contributed by atoms with Gasteiger partial charge in [-0.2, -0.15) is 5.10 Å². The van der Waals surface area contributed by atoms with Gasteiger partial charge in [0.2, 0.25) is 0 Å². The van der Waals surface area contributed by atoms with E-state index in [1.165, 1.54) is 0 Å². The predicted molar refractivity (Wildman–Crippen MR) is 97.4 cm³/mol. The van der Waals surface area contributed by atoms with E-state index in [4.69, 9.17) is 4.98 Å². The second-order valence-corrected chi connectivity index (χ2v) is 6.33. The molecule has 0 aromatic carbocycles. The monoisotopic (exact) mass is 379 g/mol. The van der Waals surface area contributed by atoms with Gasteiger partial charge in [0.05, 0.1) is 34.3 Å². The van der Waals surface area contributed by atoms with Crippen LogP contribution in [-0.2, 0) is 6.42 Å². The summed E-state index contributed by atoms with van der Waals surface area (Å²) in [5.41, 5.74) is 6.26. The maximum absolute atomic E-state index is 4.73. The highest BCUT2D eigenvalue weighted by Crippen LogP contribution is 2.29. The molecule has 5 nitrogen and oxygen atoms in total. The molecule has 0 unspecified atom stereocenters. The van der Waals surface area contributed by atoms with Crippen LogP contribution in [0.3, 0.4) is 0 Å². The van der Waals surface area contributed by atoms with Crippen LogP contribution in [-0.4, -0.2) is 25.1 Å². The summed E-state index contributed by atoms with van der Waals surface area (Å²) in [6.45, 7) is 2.09. The summed E-state index contributed by atoms with van der Waals surface area (Å²) in [5.74, 6) is 0. The molecule has 6 heteroatoms. The van der Waals surface area contributed by atoms with Gasteiger partial charge in [0.25, 0.3) is 0 Å². The Hall–Kier alpha value is -2.60. The fourth-order valence-electron chi connectivity index (χ4n) is 2.62. The minimum absolute atomic E-state index is 0.837. The first-order valence-corrected chi connectivity index (χ1v) is 8.46. The highest BCUT2D eigenvalue weighted by Gasteiger charge is 2.13. The van der Waals surface area contributed by atoms with Crippen molar-refractivity contribution in [2.45, 2.75) is 13.3 Å². The number of nitrogens with one attached hydrogen (secondary N) is 1. The van der Waals surface area contributed by atoms with E-state index in [1.807, 2.05) is 36.4 Å². The van der Waals surface area contributed by atoms with E-state index in [-0.39, 0.29) is 0 Å². The second kappa shape index (κ2) is 6.13. The lowest BCUT2D eigenvalue weighted by atomic mass is 10.1. The van der Waals surface area contributed by atoms with Gasteiger partial charge < -0.3 is 0 Å². The van der Waals surface area contributed by atoms with Crippen molar-refractivity contribution in [3.63, 3.8) is 0 Å². The molecule has 118 valence electrons. The first-order chi connectivity index (χ1) is 11.7. The zero-order valence-corrected chi connectivity index (χ0v) is 14.6. The minimum Gasteiger partial charge on any atom is -0.276 e. The summed E-state index contributed by atoms with van der Waals surface area (Å²) in [7, 11) is 0. The fraction of sp³-hybridized carbons (Fsp3) is 0.111. The smallest absolute Gasteiger partial charge is 0.0928 e. The zero-order valence-electron chi connectivity index (χ0n) is 13.0. The summed E-state index contributed by atoms with van der Waals surface area (Å²) >= 11 is 3.44. The minimum atomic E-state index is 0.837. The molecule has 0 atom stereocenters. The van der Waals surface area contributed by atoms with Crippen molar-refractivity contribution in [3.8, 4) is 22.6 Å². The third-order valence-corrected chi connectivity index (χ3v) is 4.28. The van der Waals surface area contributed by atoms with Crippen molar-refractivity contribution in [1.82, 2.24) is 25.1 Å². The van der Waals surface area contributed by atoms with Crippen molar-refractivity contribution < 1.29 is 0 Å². The SMILES string of the molecule is CCc1cccc(-c2[nH]ncc2-c2ccc3ncc(Br)cc3n2)n1. The molecule has 4 aromatic rings. The molecule has 0 amide bonds. The lowest BCUT2D eigenvalue weighted by Crippen LogP contribution is -1.93. The van der Waals surface area contributed by atoms with Gasteiger partial charge in [-0.1, -0.05) is 13.0 Å². The topological polar surface area (TPSA) is 67.3 Å². The number of H-pyrrole nitrogens is 1. The number of aryl methyl sites for hydroxylation is 1. The van der Waals surface area contributed by atoms with Gasteiger partial charge in [-0.3, -0.25) is 15.1 Å². The second-order valence-electron chi connectivity index (χ2n) is 5.41. The van der Waals surface area contributed by atoms with Crippen LogP contribution in [0, 0.1) is 0 Å². The van der Waals surface area contributed by atoms with E-state index in [1.54, 1.807) is 12.4 Å². The molecule has 0 saturated carbocycles. The van der Waals surface area contributed by atoms with Crippen molar-refractivity contribution in [2.75, 3.05) is 0 Å². The predicted octanol–water partition coefficient (Wildman–Crippen LogP) is 4.41. The van der Waals surface area contributed by atoms with Gasteiger partial charge in [0, 0.05) is 21.9 Å². The lowest BCUT2D eigenvalue weighted by Gasteiger charge is -2.05. The third-order valence-electron chi connectivity index (χ3n) is 3.84. The average Bonchev–Trinajstić information content (AvgIpc) is 3.11. The Kier molecular flexibility index (Phi) is 3.82. The highest BCUT2D eigenvalue weighted by molar-refractivity contribution is 9.10. The van der Waals surface area contributed by atoms with Crippen molar-refractivity contribution in [3.05, 3.63) is 59.0 Å². The summed E-state index contributed by atoms with van der Waals surface area (Å²) in [6, 6.07) is 11.9. The van der Waals surface area contributed by atoms with Crippen LogP contribution in [0.15, 0.2) is 53.3 Å². The number of fused-ring (bicyclic) bond motifs is 1. The highest BCUT2D eigenvalue weighted by atomic mass is 79.9. The van der Waals surface area contributed by atoms with E-state index in [9.17, 15) is 0 Å². The van der Waals surface area contributed by atoms with E-state index >= 15 is 0 Å². The van der Waals surface area contributed by atoms with E-state index in [0.29, 0.717) is 0 Å². The Morgan fingerprint density at radius 2 is 1.92 bits per heavy atom. The Bertz CT molecular complexity index is 1020. The number of hydrogen-bond acceptors (Lipinski definition) is 4. The first-order valence-electron chi connectivity index (χ1n) is 7.67. The van der Waals surface area contributed by atoms with Crippen LogP contribution < -0.4 is 0 Å². The fourth-order valence-corrected chi connectivity index (χ4v) is 2.94. The molecule has 4 aromatic heterocycles. The lowest BCUT2D eigenvalue weighted by molar-refractivity contribution is 1.03. The van der Waals surface area contributed by atoms with Gasteiger partial charge in [0.1, 0.15) is 0 Å². The van der Waals surface area contributed by atoms with Crippen molar-refractivity contribution in [1.29, 1.82) is 0 Å². The average molecular weight is 380 g/mol. The molecule has 0 spiro atoms. The molecule has 0 aliphatic carbocycles. The number of aromatic nitrogens is 5. The van der Waals surface area contributed by atoms with Crippen LogP contribution in [0.2, 0.25) is 0 Å². The number of nitrogens with zero attached hydrogens (tertiary/aromatic N) is 4. The van der Waals surface area contributed by atoms with Crippen LogP contribution in [0.5, 0.6) is 0 Å². The van der Waals surface area contributed by atoms with E-state index in [2.05, 4.69) is 43.0 Å². The molecule has 4 rings (SSSR count). The number of pyridine rings is 3. The number of hydrogen-bond donors (Lipinski definition) is 1. The van der Waals surface area contributed by atoms with Gasteiger partial charge in [-0.05, 0) is 52.7 Å².